The lowest BCUT2D eigenvalue weighted by molar-refractivity contribution is 0.0939. The van der Waals surface area contributed by atoms with Crippen molar-refractivity contribution >= 4 is 5.91 Å². The second kappa shape index (κ2) is 4.15. The van der Waals surface area contributed by atoms with Crippen LogP contribution in [-0.4, -0.2) is 35.0 Å². The van der Waals surface area contributed by atoms with Crippen molar-refractivity contribution in [3.8, 4) is 0 Å². The van der Waals surface area contributed by atoms with Crippen LogP contribution in [0.5, 0.6) is 0 Å². The summed E-state index contributed by atoms with van der Waals surface area (Å²) >= 11 is 0. The standard InChI is InChI=1S/C9H12N4O/c14-9(7-3-11-6-12-4-7)13-8-1-2-10-5-8/h3-4,6,8,10H,1-2,5H2,(H,13,14)/t8-/m0/s1. The fraction of sp³-hybridized carbons (Fsp3) is 0.444. The lowest BCUT2D eigenvalue weighted by Gasteiger charge is -2.10. The number of amides is 1. The number of aromatic nitrogens is 2. The molecule has 5 heteroatoms. The molecule has 2 rings (SSSR count). The maximum absolute atomic E-state index is 11.6. The molecule has 14 heavy (non-hydrogen) atoms. The van der Waals surface area contributed by atoms with Crippen molar-refractivity contribution in [2.24, 2.45) is 0 Å². The molecule has 0 spiro atoms. The normalized spacial score (nSPS) is 20.7. The molecule has 0 aromatic carbocycles. The first-order chi connectivity index (χ1) is 6.86. The summed E-state index contributed by atoms with van der Waals surface area (Å²) < 4.78 is 0. The average Bonchev–Trinajstić information content (AvgIpc) is 2.72. The van der Waals surface area contributed by atoms with Gasteiger partial charge in [-0.1, -0.05) is 0 Å². The van der Waals surface area contributed by atoms with Crippen molar-refractivity contribution in [2.75, 3.05) is 13.1 Å². The third-order valence-corrected chi connectivity index (χ3v) is 2.22. The highest BCUT2D eigenvalue weighted by Crippen LogP contribution is 2.00. The number of hydrogen-bond acceptors (Lipinski definition) is 4. The second-order valence-corrected chi connectivity index (χ2v) is 3.29. The topological polar surface area (TPSA) is 66.9 Å². The second-order valence-electron chi connectivity index (χ2n) is 3.29. The molecule has 2 N–H and O–H groups in total. The fourth-order valence-corrected chi connectivity index (χ4v) is 1.46. The fourth-order valence-electron chi connectivity index (χ4n) is 1.46. The molecule has 0 unspecified atom stereocenters. The summed E-state index contributed by atoms with van der Waals surface area (Å²) in [5.41, 5.74) is 0.513. The highest BCUT2D eigenvalue weighted by molar-refractivity contribution is 5.93. The van der Waals surface area contributed by atoms with Crippen LogP contribution >= 0.6 is 0 Å². The largest absolute Gasteiger partial charge is 0.348 e. The molecule has 74 valence electrons. The van der Waals surface area contributed by atoms with Crippen molar-refractivity contribution in [1.29, 1.82) is 0 Å². The molecular formula is C9H12N4O. The molecule has 0 bridgehead atoms. The monoisotopic (exact) mass is 192 g/mol. The Bertz CT molecular complexity index is 308. The third kappa shape index (κ3) is 2.05. The molecule has 1 aromatic rings. The van der Waals surface area contributed by atoms with Crippen molar-refractivity contribution in [1.82, 2.24) is 20.6 Å². The molecule has 1 aliphatic rings. The molecule has 1 fully saturated rings. The van der Waals surface area contributed by atoms with E-state index in [1.807, 2.05) is 0 Å². The number of hydrogen-bond donors (Lipinski definition) is 2. The molecule has 0 saturated carbocycles. The average molecular weight is 192 g/mol. The van der Waals surface area contributed by atoms with Gasteiger partial charge in [-0.15, -0.1) is 0 Å². The van der Waals surface area contributed by atoms with E-state index >= 15 is 0 Å². The molecular weight excluding hydrogens is 180 g/mol. The van der Waals surface area contributed by atoms with E-state index in [-0.39, 0.29) is 11.9 Å². The maximum Gasteiger partial charge on any atom is 0.254 e. The van der Waals surface area contributed by atoms with Gasteiger partial charge in [-0.2, -0.15) is 0 Å². The SMILES string of the molecule is O=C(N[C@H]1CCNC1)c1cncnc1. The van der Waals surface area contributed by atoms with E-state index in [4.69, 9.17) is 0 Å². The first kappa shape index (κ1) is 9.08. The number of carbonyl (C=O) groups is 1. The molecule has 1 saturated heterocycles. The van der Waals surface area contributed by atoms with Crippen LogP contribution < -0.4 is 10.6 Å². The predicted octanol–water partition coefficient (Wildman–Crippen LogP) is -0.432. The molecule has 5 nitrogen and oxygen atoms in total. The first-order valence-electron chi connectivity index (χ1n) is 4.63. The van der Waals surface area contributed by atoms with E-state index < -0.39 is 0 Å². The van der Waals surface area contributed by atoms with Crippen LogP contribution in [0.2, 0.25) is 0 Å². The minimum absolute atomic E-state index is 0.0979. The zero-order valence-electron chi connectivity index (χ0n) is 7.73. The molecule has 0 radical (unpaired) electrons. The van der Waals surface area contributed by atoms with Gasteiger partial charge in [0.05, 0.1) is 5.56 Å². The summed E-state index contributed by atoms with van der Waals surface area (Å²) in [5, 5.41) is 6.10. The van der Waals surface area contributed by atoms with Gasteiger partial charge in [-0.25, -0.2) is 9.97 Å². The summed E-state index contributed by atoms with van der Waals surface area (Å²) in [6.07, 6.45) is 5.43. The molecule has 1 aromatic heterocycles. The van der Waals surface area contributed by atoms with Gasteiger partial charge in [0.15, 0.2) is 0 Å². The molecule has 1 atom stereocenters. The van der Waals surface area contributed by atoms with Crippen LogP contribution in [0.1, 0.15) is 16.8 Å². The summed E-state index contributed by atoms with van der Waals surface area (Å²) in [6.45, 7) is 1.82. The van der Waals surface area contributed by atoms with Gasteiger partial charge in [0.25, 0.3) is 5.91 Å². The van der Waals surface area contributed by atoms with Crippen LogP contribution in [0.3, 0.4) is 0 Å². The lowest BCUT2D eigenvalue weighted by atomic mass is 10.2. The number of nitrogens with zero attached hydrogens (tertiary/aromatic N) is 2. The van der Waals surface area contributed by atoms with E-state index in [1.165, 1.54) is 18.7 Å². The Hall–Kier alpha value is -1.49. The first-order valence-corrected chi connectivity index (χ1v) is 4.63. The van der Waals surface area contributed by atoms with Gasteiger partial charge in [-0.3, -0.25) is 4.79 Å². The Morgan fingerprint density at radius 1 is 1.50 bits per heavy atom. The van der Waals surface area contributed by atoms with E-state index in [2.05, 4.69) is 20.6 Å². The quantitative estimate of drug-likeness (QED) is 0.667. The summed E-state index contributed by atoms with van der Waals surface area (Å²) in [7, 11) is 0. The van der Waals surface area contributed by atoms with Gasteiger partial charge >= 0.3 is 0 Å². The maximum atomic E-state index is 11.6. The predicted molar refractivity (Wildman–Crippen MR) is 50.8 cm³/mol. The Morgan fingerprint density at radius 3 is 2.93 bits per heavy atom. The molecule has 1 aliphatic heterocycles. The summed E-state index contributed by atoms with van der Waals surface area (Å²) in [6, 6.07) is 0.239. The Morgan fingerprint density at radius 2 is 2.29 bits per heavy atom. The van der Waals surface area contributed by atoms with Crippen LogP contribution in [-0.2, 0) is 0 Å². The minimum atomic E-state index is -0.0979. The number of carbonyl (C=O) groups excluding carboxylic acids is 1. The highest BCUT2D eigenvalue weighted by Gasteiger charge is 2.17. The van der Waals surface area contributed by atoms with Crippen LogP contribution in [0.15, 0.2) is 18.7 Å². The molecule has 2 heterocycles. The van der Waals surface area contributed by atoms with Crippen molar-refractivity contribution in [3.63, 3.8) is 0 Å². The zero-order chi connectivity index (χ0) is 9.80. The smallest absolute Gasteiger partial charge is 0.254 e. The lowest BCUT2D eigenvalue weighted by Crippen LogP contribution is -2.36. The summed E-state index contributed by atoms with van der Waals surface area (Å²) in [4.78, 5) is 19.2. The van der Waals surface area contributed by atoms with E-state index in [9.17, 15) is 4.79 Å². The van der Waals surface area contributed by atoms with Crippen molar-refractivity contribution in [3.05, 3.63) is 24.3 Å². The summed E-state index contributed by atoms with van der Waals surface area (Å²) in [5.74, 6) is -0.0979. The van der Waals surface area contributed by atoms with Crippen LogP contribution in [0.4, 0.5) is 0 Å². The third-order valence-electron chi connectivity index (χ3n) is 2.22. The van der Waals surface area contributed by atoms with Crippen molar-refractivity contribution < 1.29 is 4.79 Å². The van der Waals surface area contributed by atoms with Gasteiger partial charge in [-0.05, 0) is 13.0 Å². The van der Waals surface area contributed by atoms with Crippen molar-refractivity contribution in [2.45, 2.75) is 12.5 Å². The van der Waals surface area contributed by atoms with Crippen LogP contribution in [0, 0.1) is 0 Å². The van der Waals surface area contributed by atoms with Crippen LogP contribution in [0.25, 0.3) is 0 Å². The minimum Gasteiger partial charge on any atom is -0.348 e. The van der Waals surface area contributed by atoms with Gasteiger partial charge in [0.2, 0.25) is 0 Å². The van der Waals surface area contributed by atoms with E-state index in [1.54, 1.807) is 0 Å². The molecule has 0 aliphatic carbocycles. The van der Waals surface area contributed by atoms with Gasteiger partial charge in [0.1, 0.15) is 6.33 Å². The number of nitrogens with one attached hydrogen (secondary N) is 2. The van der Waals surface area contributed by atoms with E-state index in [0.29, 0.717) is 5.56 Å². The van der Waals surface area contributed by atoms with E-state index in [0.717, 1.165) is 19.5 Å². The zero-order valence-corrected chi connectivity index (χ0v) is 7.73. The Kier molecular flexibility index (Phi) is 2.69. The molecule has 1 amide bonds. The van der Waals surface area contributed by atoms with Gasteiger partial charge in [0, 0.05) is 25.0 Å². The van der Waals surface area contributed by atoms with Gasteiger partial charge < -0.3 is 10.6 Å². The Balaban J connectivity index is 1.95. The Labute approximate surface area is 82.0 Å². The highest BCUT2D eigenvalue weighted by atomic mass is 16.1. The number of rotatable bonds is 2.